The molecule has 2 aromatic carbocycles. The zero-order chi connectivity index (χ0) is 24.7. The van der Waals surface area contributed by atoms with Crippen molar-refractivity contribution in [3.8, 4) is 17.0 Å². The Labute approximate surface area is 190 Å². The average Bonchev–Trinajstić information content (AvgIpc) is 3.00. The molecule has 2 heterocycles. The van der Waals surface area contributed by atoms with Crippen molar-refractivity contribution in [1.29, 1.82) is 0 Å². The number of nitrogens with zero attached hydrogens (tertiary/aromatic N) is 2. The van der Waals surface area contributed by atoms with Gasteiger partial charge in [0, 0.05) is 30.9 Å². The van der Waals surface area contributed by atoms with E-state index in [1.54, 1.807) is 30.0 Å². The zero-order valence-electron chi connectivity index (χ0n) is 17.8. The summed E-state index contributed by atoms with van der Waals surface area (Å²) in [5, 5.41) is 0. The molecule has 3 aromatic rings. The molecule has 0 spiro atoms. The van der Waals surface area contributed by atoms with Crippen molar-refractivity contribution in [1.82, 2.24) is 9.88 Å². The van der Waals surface area contributed by atoms with Crippen LogP contribution in [0.1, 0.15) is 35.2 Å². The number of rotatable bonds is 3. The topological polar surface area (TPSA) is 25.4 Å². The van der Waals surface area contributed by atoms with Crippen LogP contribution in [-0.4, -0.2) is 23.0 Å². The molecule has 34 heavy (non-hydrogen) atoms. The maximum Gasteiger partial charge on any atom is 0.416 e. The van der Waals surface area contributed by atoms with Gasteiger partial charge in [0.2, 0.25) is 5.88 Å². The Morgan fingerprint density at radius 2 is 1.53 bits per heavy atom. The van der Waals surface area contributed by atoms with Gasteiger partial charge in [-0.15, -0.1) is 0 Å². The SMILES string of the molecule is CC(c1cc(C(F)(F)F)cc(C(F)(F)F)c1)N1CCOc2nccc(-c3ccc(F)cc3)c2C1. The number of ether oxygens (including phenoxy) is 1. The first kappa shape index (κ1) is 24.0. The van der Waals surface area contributed by atoms with Gasteiger partial charge in [-0.2, -0.15) is 26.3 Å². The molecule has 0 N–H and O–H groups in total. The van der Waals surface area contributed by atoms with Gasteiger partial charge in [0.1, 0.15) is 12.4 Å². The first-order valence-corrected chi connectivity index (χ1v) is 10.3. The zero-order valence-corrected chi connectivity index (χ0v) is 17.8. The molecule has 3 nitrogen and oxygen atoms in total. The van der Waals surface area contributed by atoms with Gasteiger partial charge in [0.25, 0.3) is 0 Å². The fourth-order valence-electron chi connectivity index (χ4n) is 3.95. The number of pyridine rings is 1. The molecule has 4 rings (SSSR count). The van der Waals surface area contributed by atoms with E-state index in [1.807, 2.05) is 0 Å². The molecule has 0 aliphatic carbocycles. The second-order valence-electron chi connectivity index (χ2n) is 7.98. The van der Waals surface area contributed by atoms with Gasteiger partial charge in [-0.1, -0.05) is 12.1 Å². The molecule has 0 saturated heterocycles. The van der Waals surface area contributed by atoms with E-state index in [-0.39, 0.29) is 31.3 Å². The maximum atomic E-state index is 13.4. The highest BCUT2D eigenvalue weighted by molar-refractivity contribution is 5.69. The highest BCUT2D eigenvalue weighted by Crippen LogP contribution is 2.39. The van der Waals surface area contributed by atoms with E-state index in [0.717, 1.165) is 12.1 Å². The van der Waals surface area contributed by atoms with Crippen LogP contribution in [0.4, 0.5) is 30.7 Å². The second-order valence-corrected chi connectivity index (χ2v) is 7.98. The molecule has 1 atom stereocenters. The van der Waals surface area contributed by atoms with Gasteiger partial charge in [-0.3, -0.25) is 4.90 Å². The normalized spacial score (nSPS) is 15.9. The molecule has 180 valence electrons. The molecule has 0 saturated carbocycles. The van der Waals surface area contributed by atoms with Gasteiger partial charge in [-0.05, 0) is 60.0 Å². The predicted octanol–water partition coefficient (Wildman–Crippen LogP) is 6.88. The Bertz CT molecular complexity index is 1140. The van der Waals surface area contributed by atoms with Gasteiger partial charge in [0.05, 0.1) is 11.1 Å². The van der Waals surface area contributed by atoms with Crippen molar-refractivity contribution in [2.45, 2.75) is 31.9 Å². The van der Waals surface area contributed by atoms with Crippen LogP contribution in [0.2, 0.25) is 0 Å². The van der Waals surface area contributed by atoms with E-state index in [1.165, 1.54) is 18.3 Å². The minimum Gasteiger partial charge on any atom is -0.476 e. The van der Waals surface area contributed by atoms with Crippen molar-refractivity contribution in [2.75, 3.05) is 13.2 Å². The van der Waals surface area contributed by atoms with Crippen LogP contribution in [0.25, 0.3) is 11.1 Å². The number of hydrogen-bond acceptors (Lipinski definition) is 3. The van der Waals surface area contributed by atoms with Gasteiger partial charge in [0.15, 0.2) is 0 Å². The van der Waals surface area contributed by atoms with Crippen molar-refractivity contribution in [2.24, 2.45) is 0 Å². The molecular weight excluding hydrogens is 465 g/mol. The average molecular weight is 484 g/mol. The molecule has 1 unspecified atom stereocenters. The number of halogens is 7. The summed E-state index contributed by atoms with van der Waals surface area (Å²) in [6.07, 6.45) is -8.33. The van der Waals surface area contributed by atoms with Crippen molar-refractivity contribution in [3.63, 3.8) is 0 Å². The molecule has 0 amide bonds. The highest BCUT2D eigenvalue weighted by atomic mass is 19.4. The molecular formula is C24H19F7N2O. The lowest BCUT2D eigenvalue weighted by Gasteiger charge is -2.29. The summed E-state index contributed by atoms with van der Waals surface area (Å²) in [6.45, 7) is 2.10. The van der Waals surface area contributed by atoms with Crippen LogP contribution in [0, 0.1) is 5.82 Å². The smallest absolute Gasteiger partial charge is 0.416 e. The third-order valence-electron chi connectivity index (χ3n) is 5.79. The monoisotopic (exact) mass is 484 g/mol. The summed E-state index contributed by atoms with van der Waals surface area (Å²) in [5.41, 5.74) is -0.853. The fraction of sp³-hybridized carbons (Fsp3) is 0.292. The Morgan fingerprint density at radius 1 is 0.912 bits per heavy atom. The standard InChI is InChI=1S/C24H19F7N2O/c1-14(16-10-17(23(26,27)28)12-18(11-16)24(29,30)31)33-8-9-34-22-21(13-33)20(6-7-32-22)15-2-4-19(25)5-3-15/h2-7,10-12,14H,8-9,13H2,1H3. The maximum absolute atomic E-state index is 13.4. The van der Waals surface area contributed by atoms with Crippen LogP contribution in [-0.2, 0) is 18.9 Å². The highest BCUT2D eigenvalue weighted by Gasteiger charge is 2.38. The summed E-state index contributed by atoms with van der Waals surface area (Å²) in [7, 11) is 0. The molecule has 1 aromatic heterocycles. The minimum absolute atomic E-state index is 0.113. The molecule has 1 aliphatic heterocycles. The Morgan fingerprint density at radius 3 is 2.12 bits per heavy atom. The van der Waals surface area contributed by atoms with Crippen molar-refractivity contribution in [3.05, 3.63) is 82.8 Å². The summed E-state index contributed by atoms with van der Waals surface area (Å²) < 4.78 is 99.1. The van der Waals surface area contributed by atoms with Gasteiger partial charge in [-0.25, -0.2) is 9.37 Å². The largest absolute Gasteiger partial charge is 0.476 e. The van der Waals surface area contributed by atoms with Crippen molar-refractivity contribution >= 4 is 0 Å². The Kier molecular flexibility index (Phi) is 6.28. The minimum atomic E-state index is -4.93. The summed E-state index contributed by atoms with van der Waals surface area (Å²) in [4.78, 5) is 5.95. The molecule has 1 aliphatic rings. The molecule has 0 bridgehead atoms. The summed E-state index contributed by atoms with van der Waals surface area (Å²) in [5.74, 6) is -0.100. The summed E-state index contributed by atoms with van der Waals surface area (Å²) >= 11 is 0. The lowest BCUT2D eigenvalue weighted by atomic mass is 9.97. The van der Waals surface area contributed by atoms with E-state index in [0.29, 0.717) is 22.6 Å². The number of benzene rings is 2. The molecule has 0 radical (unpaired) electrons. The number of aromatic nitrogens is 1. The third kappa shape index (κ3) is 5.01. The Hall–Kier alpha value is -3.14. The lowest BCUT2D eigenvalue weighted by molar-refractivity contribution is -0.143. The fourth-order valence-corrected chi connectivity index (χ4v) is 3.95. The van der Waals surface area contributed by atoms with Crippen LogP contribution in [0.3, 0.4) is 0 Å². The quantitative estimate of drug-likeness (QED) is 0.379. The van der Waals surface area contributed by atoms with E-state index in [4.69, 9.17) is 4.74 Å². The van der Waals surface area contributed by atoms with E-state index < -0.39 is 35.3 Å². The van der Waals surface area contributed by atoms with Gasteiger partial charge >= 0.3 is 12.4 Å². The van der Waals surface area contributed by atoms with Crippen LogP contribution < -0.4 is 4.74 Å². The number of alkyl halides is 6. The predicted molar refractivity (Wildman–Crippen MR) is 110 cm³/mol. The van der Waals surface area contributed by atoms with Crippen molar-refractivity contribution < 1.29 is 35.5 Å². The lowest BCUT2D eigenvalue weighted by Crippen LogP contribution is -2.29. The van der Waals surface area contributed by atoms with Gasteiger partial charge < -0.3 is 4.74 Å². The van der Waals surface area contributed by atoms with E-state index in [9.17, 15) is 30.7 Å². The van der Waals surface area contributed by atoms with Crippen LogP contribution >= 0.6 is 0 Å². The Balaban J connectivity index is 1.73. The first-order valence-electron chi connectivity index (χ1n) is 10.3. The third-order valence-corrected chi connectivity index (χ3v) is 5.79. The molecule has 0 fully saturated rings. The van der Waals surface area contributed by atoms with E-state index >= 15 is 0 Å². The van der Waals surface area contributed by atoms with Crippen LogP contribution in [0.5, 0.6) is 5.88 Å². The first-order chi connectivity index (χ1) is 15.9. The van der Waals surface area contributed by atoms with E-state index in [2.05, 4.69) is 4.98 Å². The molecule has 10 heteroatoms. The summed E-state index contributed by atoms with van der Waals surface area (Å²) in [6, 6.07) is 8.26. The second kappa shape index (κ2) is 8.90. The number of hydrogen-bond donors (Lipinski definition) is 0. The van der Waals surface area contributed by atoms with Crippen LogP contribution in [0.15, 0.2) is 54.7 Å². The number of fused-ring (bicyclic) bond motifs is 1.